The van der Waals surface area contributed by atoms with Crippen molar-refractivity contribution in [3.8, 4) is 11.5 Å². The molecular weight excluding hydrogens is 342 g/mol. The second kappa shape index (κ2) is 8.23. The van der Waals surface area contributed by atoms with Crippen molar-refractivity contribution in [3.05, 3.63) is 59.1 Å². The monoisotopic (exact) mass is 361 g/mol. The van der Waals surface area contributed by atoms with Crippen LogP contribution in [0.15, 0.2) is 48.5 Å². The van der Waals surface area contributed by atoms with Crippen LogP contribution in [-0.4, -0.2) is 50.3 Å². The van der Waals surface area contributed by atoms with Gasteiger partial charge in [0.2, 0.25) is 0 Å². The third-order valence-corrected chi connectivity index (χ3v) is 4.34. The second-order valence-corrected chi connectivity index (χ2v) is 6.12. The minimum atomic E-state index is -0.189. The Bertz CT molecular complexity index is 737. The summed E-state index contributed by atoms with van der Waals surface area (Å²) >= 11 is 6.13. The van der Waals surface area contributed by atoms with Crippen molar-refractivity contribution in [1.29, 1.82) is 0 Å². The van der Waals surface area contributed by atoms with Crippen molar-refractivity contribution < 1.29 is 19.0 Å². The van der Waals surface area contributed by atoms with Crippen LogP contribution in [0.4, 0.5) is 0 Å². The van der Waals surface area contributed by atoms with Crippen LogP contribution in [0.1, 0.15) is 10.4 Å². The number of hydrogen-bond donors (Lipinski definition) is 0. The van der Waals surface area contributed by atoms with E-state index < -0.39 is 0 Å². The maximum absolute atomic E-state index is 12.7. The molecule has 0 bridgehead atoms. The first kappa shape index (κ1) is 17.6. The molecule has 0 aliphatic carbocycles. The Morgan fingerprint density at radius 3 is 2.84 bits per heavy atom. The van der Waals surface area contributed by atoms with Gasteiger partial charge in [0.15, 0.2) is 0 Å². The number of rotatable bonds is 5. The van der Waals surface area contributed by atoms with Crippen LogP contribution in [0.2, 0.25) is 5.02 Å². The van der Waals surface area contributed by atoms with E-state index in [0.717, 1.165) is 5.75 Å². The number of carbonyl (C=O) groups excluding carboxylic acids is 1. The molecule has 132 valence electrons. The summed E-state index contributed by atoms with van der Waals surface area (Å²) in [6.45, 7) is 1.84. The fourth-order valence-electron chi connectivity index (χ4n) is 2.69. The SMILES string of the molecule is COc1cccc(OCC2CN(C(=O)c3ccccc3Cl)CCO2)c1. The van der Waals surface area contributed by atoms with Gasteiger partial charge in [0.25, 0.3) is 5.91 Å². The number of carbonyl (C=O) groups is 1. The summed E-state index contributed by atoms with van der Waals surface area (Å²) in [5, 5.41) is 0.461. The molecule has 2 aromatic rings. The van der Waals surface area contributed by atoms with Gasteiger partial charge in [-0.05, 0) is 24.3 Å². The van der Waals surface area contributed by atoms with Gasteiger partial charge in [-0.3, -0.25) is 4.79 Å². The number of hydrogen-bond acceptors (Lipinski definition) is 4. The first-order chi connectivity index (χ1) is 12.2. The Kier molecular flexibility index (Phi) is 5.79. The molecule has 1 saturated heterocycles. The van der Waals surface area contributed by atoms with Crippen LogP contribution >= 0.6 is 11.6 Å². The van der Waals surface area contributed by atoms with Crippen LogP contribution in [0.5, 0.6) is 11.5 Å². The van der Waals surface area contributed by atoms with Gasteiger partial charge in [0, 0.05) is 12.6 Å². The lowest BCUT2D eigenvalue weighted by molar-refractivity contribution is -0.0401. The minimum Gasteiger partial charge on any atom is -0.497 e. The predicted octanol–water partition coefficient (Wildman–Crippen LogP) is 3.27. The van der Waals surface area contributed by atoms with Crippen LogP contribution in [0.25, 0.3) is 0 Å². The van der Waals surface area contributed by atoms with Gasteiger partial charge >= 0.3 is 0 Å². The number of methoxy groups -OCH3 is 1. The molecule has 6 heteroatoms. The molecular formula is C19H20ClNO4. The zero-order valence-electron chi connectivity index (χ0n) is 14.0. The van der Waals surface area contributed by atoms with Gasteiger partial charge in [-0.25, -0.2) is 0 Å². The zero-order valence-corrected chi connectivity index (χ0v) is 14.7. The summed E-state index contributed by atoms with van der Waals surface area (Å²) in [5.41, 5.74) is 0.513. The predicted molar refractivity (Wildman–Crippen MR) is 95.6 cm³/mol. The van der Waals surface area contributed by atoms with Gasteiger partial charge in [0.1, 0.15) is 24.2 Å². The van der Waals surface area contributed by atoms with Crippen LogP contribution in [-0.2, 0) is 4.74 Å². The lowest BCUT2D eigenvalue weighted by atomic mass is 10.1. The first-order valence-electron chi connectivity index (χ1n) is 8.09. The molecule has 3 rings (SSSR count). The molecule has 0 N–H and O–H groups in total. The molecule has 1 aliphatic heterocycles. The summed E-state index contributed by atoms with van der Waals surface area (Å²) in [6.07, 6.45) is -0.189. The summed E-state index contributed by atoms with van der Waals surface area (Å²) in [5.74, 6) is 1.36. The van der Waals surface area contributed by atoms with Crippen LogP contribution in [0.3, 0.4) is 0 Å². The van der Waals surface area contributed by atoms with Gasteiger partial charge in [-0.1, -0.05) is 29.8 Å². The average molecular weight is 362 g/mol. The van der Waals surface area contributed by atoms with E-state index in [1.807, 2.05) is 36.4 Å². The Morgan fingerprint density at radius 2 is 2.04 bits per heavy atom. The van der Waals surface area contributed by atoms with E-state index in [1.54, 1.807) is 24.1 Å². The van der Waals surface area contributed by atoms with E-state index >= 15 is 0 Å². The van der Waals surface area contributed by atoms with Gasteiger partial charge in [-0.15, -0.1) is 0 Å². The summed E-state index contributed by atoms with van der Waals surface area (Å²) in [6, 6.07) is 14.5. The molecule has 0 radical (unpaired) electrons. The molecule has 1 fully saturated rings. The quantitative estimate of drug-likeness (QED) is 0.820. The molecule has 25 heavy (non-hydrogen) atoms. The third kappa shape index (κ3) is 4.44. The van der Waals surface area contributed by atoms with E-state index in [4.69, 9.17) is 25.8 Å². The van der Waals surface area contributed by atoms with E-state index in [2.05, 4.69) is 0 Å². The third-order valence-electron chi connectivity index (χ3n) is 4.01. The fourth-order valence-corrected chi connectivity index (χ4v) is 2.91. The van der Waals surface area contributed by atoms with Crippen LogP contribution < -0.4 is 9.47 Å². The standard InChI is InChI=1S/C19H20ClNO4/c1-23-14-5-4-6-15(11-14)25-13-16-12-21(9-10-24-16)19(22)17-7-2-3-8-18(17)20/h2-8,11,16H,9-10,12-13H2,1H3. The highest BCUT2D eigenvalue weighted by atomic mass is 35.5. The van der Waals surface area contributed by atoms with Crippen molar-refractivity contribution in [2.75, 3.05) is 33.4 Å². The minimum absolute atomic E-state index is 0.0831. The molecule has 1 aliphatic rings. The number of benzene rings is 2. The highest BCUT2D eigenvalue weighted by Crippen LogP contribution is 2.21. The van der Waals surface area contributed by atoms with Crippen LogP contribution in [0, 0.1) is 0 Å². The lowest BCUT2D eigenvalue weighted by Gasteiger charge is -2.33. The van der Waals surface area contributed by atoms with E-state index in [0.29, 0.717) is 42.6 Å². The molecule has 0 aromatic heterocycles. The molecule has 0 saturated carbocycles. The highest BCUT2D eigenvalue weighted by Gasteiger charge is 2.26. The van der Waals surface area contributed by atoms with Gasteiger partial charge in [0.05, 0.1) is 30.8 Å². The lowest BCUT2D eigenvalue weighted by Crippen LogP contribution is -2.47. The Hall–Kier alpha value is -2.24. The number of nitrogens with zero attached hydrogens (tertiary/aromatic N) is 1. The highest BCUT2D eigenvalue weighted by molar-refractivity contribution is 6.33. The largest absolute Gasteiger partial charge is 0.497 e. The fraction of sp³-hybridized carbons (Fsp3) is 0.316. The summed E-state index contributed by atoms with van der Waals surface area (Å²) in [7, 11) is 1.61. The van der Waals surface area contributed by atoms with E-state index in [-0.39, 0.29) is 12.0 Å². The van der Waals surface area contributed by atoms with Crippen molar-refractivity contribution in [3.63, 3.8) is 0 Å². The van der Waals surface area contributed by atoms with Crippen molar-refractivity contribution >= 4 is 17.5 Å². The molecule has 1 heterocycles. The van der Waals surface area contributed by atoms with Crippen molar-refractivity contribution in [2.24, 2.45) is 0 Å². The normalized spacial score (nSPS) is 17.2. The maximum Gasteiger partial charge on any atom is 0.255 e. The smallest absolute Gasteiger partial charge is 0.255 e. The Balaban J connectivity index is 1.59. The molecule has 2 aromatic carbocycles. The number of halogens is 1. The zero-order chi connectivity index (χ0) is 17.6. The number of morpholine rings is 1. The Labute approximate surface area is 152 Å². The van der Waals surface area contributed by atoms with Crippen molar-refractivity contribution in [2.45, 2.75) is 6.10 Å². The molecule has 0 spiro atoms. The van der Waals surface area contributed by atoms with Crippen molar-refractivity contribution in [1.82, 2.24) is 4.90 Å². The average Bonchev–Trinajstić information content (AvgIpc) is 2.66. The van der Waals surface area contributed by atoms with Gasteiger partial charge in [-0.2, -0.15) is 0 Å². The summed E-state index contributed by atoms with van der Waals surface area (Å²) in [4.78, 5) is 14.4. The van der Waals surface area contributed by atoms with E-state index in [9.17, 15) is 4.79 Å². The van der Waals surface area contributed by atoms with E-state index in [1.165, 1.54) is 0 Å². The molecule has 1 unspecified atom stereocenters. The molecule has 1 atom stereocenters. The number of ether oxygens (including phenoxy) is 3. The topological polar surface area (TPSA) is 48.0 Å². The maximum atomic E-state index is 12.7. The first-order valence-corrected chi connectivity index (χ1v) is 8.47. The molecule has 1 amide bonds. The number of amides is 1. The summed E-state index contributed by atoms with van der Waals surface area (Å²) < 4.78 is 16.7. The second-order valence-electron chi connectivity index (χ2n) is 5.71. The Morgan fingerprint density at radius 1 is 1.24 bits per heavy atom. The molecule has 5 nitrogen and oxygen atoms in total. The van der Waals surface area contributed by atoms with Gasteiger partial charge < -0.3 is 19.1 Å².